The molecule has 0 saturated carbocycles. The number of hydrogen-bond donors (Lipinski definition) is 1. The molecule has 0 aliphatic rings. The highest BCUT2D eigenvalue weighted by molar-refractivity contribution is 5.55. The summed E-state index contributed by atoms with van der Waals surface area (Å²) in [5, 5.41) is 0. The van der Waals surface area contributed by atoms with E-state index in [1.54, 1.807) is 12.3 Å². The zero-order valence-corrected chi connectivity index (χ0v) is 5.83. The van der Waals surface area contributed by atoms with Crippen LogP contribution in [0.5, 0.6) is 0 Å². The van der Waals surface area contributed by atoms with Crippen LogP contribution in [0.2, 0.25) is 0 Å². The molecule has 0 unspecified atom stereocenters. The largest absolute Gasteiger partial charge is 0.384 e. The van der Waals surface area contributed by atoms with Gasteiger partial charge in [0.25, 0.3) is 0 Å². The van der Waals surface area contributed by atoms with Crippen LogP contribution in [0.25, 0.3) is 0 Å². The zero-order valence-electron chi connectivity index (χ0n) is 5.83. The first-order valence-corrected chi connectivity index (χ1v) is 2.88. The van der Waals surface area contributed by atoms with Crippen molar-refractivity contribution in [3.05, 3.63) is 24.0 Å². The first kappa shape index (κ1) is 7.95. The standard InChI is InChI=1S/C7H12N2/c1-3-5-6-7(8)9-4-2/h3-6H,8H2,1-2H3/b5-3-,7-6-,9-4+. The third-order valence-electron chi connectivity index (χ3n) is 0.738. The molecule has 0 aromatic heterocycles. The van der Waals surface area contributed by atoms with Crippen LogP contribution in [-0.2, 0) is 0 Å². The SMILES string of the molecule is C\C=C/C=C(N)\N=C\C. The molecule has 0 aliphatic carbocycles. The van der Waals surface area contributed by atoms with Crippen LogP contribution in [0.15, 0.2) is 29.0 Å². The molecule has 0 amide bonds. The summed E-state index contributed by atoms with van der Waals surface area (Å²) >= 11 is 0. The summed E-state index contributed by atoms with van der Waals surface area (Å²) in [6, 6.07) is 0. The van der Waals surface area contributed by atoms with E-state index in [9.17, 15) is 0 Å². The Balaban J connectivity index is 3.84. The Labute approximate surface area is 55.8 Å². The predicted octanol–water partition coefficient (Wildman–Crippen LogP) is 1.45. The number of nitrogens with zero attached hydrogens (tertiary/aromatic N) is 1. The molecule has 0 radical (unpaired) electrons. The Morgan fingerprint density at radius 2 is 2.11 bits per heavy atom. The average Bonchev–Trinajstić information content (AvgIpc) is 1.85. The first-order chi connectivity index (χ1) is 4.31. The molecule has 2 N–H and O–H groups in total. The van der Waals surface area contributed by atoms with Crippen LogP contribution in [0.3, 0.4) is 0 Å². The summed E-state index contributed by atoms with van der Waals surface area (Å²) in [4.78, 5) is 3.82. The average molecular weight is 124 g/mol. The van der Waals surface area contributed by atoms with Gasteiger partial charge in [0, 0.05) is 6.21 Å². The van der Waals surface area contributed by atoms with E-state index in [-0.39, 0.29) is 0 Å². The van der Waals surface area contributed by atoms with E-state index in [1.165, 1.54) is 0 Å². The number of hydrogen-bond acceptors (Lipinski definition) is 2. The van der Waals surface area contributed by atoms with E-state index >= 15 is 0 Å². The maximum absolute atomic E-state index is 5.38. The van der Waals surface area contributed by atoms with Gasteiger partial charge in [0.05, 0.1) is 0 Å². The summed E-state index contributed by atoms with van der Waals surface area (Å²) in [5.74, 6) is 0.538. The molecule has 0 aromatic rings. The second-order valence-electron chi connectivity index (χ2n) is 1.50. The summed E-state index contributed by atoms with van der Waals surface area (Å²) in [7, 11) is 0. The maximum atomic E-state index is 5.38. The topological polar surface area (TPSA) is 38.4 Å². The van der Waals surface area contributed by atoms with Crippen LogP contribution in [0.4, 0.5) is 0 Å². The van der Waals surface area contributed by atoms with Crippen molar-refractivity contribution in [1.29, 1.82) is 0 Å². The molecule has 0 spiro atoms. The van der Waals surface area contributed by atoms with E-state index in [1.807, 2.05) is 26.0 Å². The van der Waals surface area contributed by atoms with E-state index < -0.39 is 0 Å². The van der Waals surface area contributed by atoms with Crippen LogP contribution in [-0.4, -0.2) is 6.21 Å². The van der Waals surface area contributed by atoms with Gasteiger partial charge in [0.1, 0.15) is 5.82 Å². The molecule has 50 valence electrons. The normalized spacial score (nSPS) is 13.8. The Bertz CT molecular complexity index is 143. The van der Waals surface area contributed by atoms with Crippen molar-refractivity contribution < 1.29 is 0 Å². The fraction of sp³-hybridized carbons (Fsp3) is 0.286. The van der Waals surface area contributed by atoms with Crippen molar-refractivity contribution in [2.24, 2.45) is 10.7 Å². The lowest BCUT2D eigenvalue weighted by Crippen LogP contribution is -1.91. The summed E-state index contributed by atoms with van der Waals surface area (Å²) < 4.78 is 0. The Kier molecular flexibility index (Phi) is 4.50. The summed E-state index contributed by atoms with van der Waals surface area (Å²) in [6.45, 7) is 3.76. The molecule has 0 saturated heterocycles. The van der Waals surface area contributed by atoms with Crippen LogP contribution in [0.1, 0.15) is 13.8 Å². The molecule has 0 fully saturated rings. The van der Waals surface area contributed by atoms with Gasteiger partial charge < -0.3 is 5.73 Å². The van der Waals surface area contributed by atoms with Gasteiger partial charge in [0.15, 0.2) is 0 Å². The van der Waals surface area contributed by atoms with Crippen LogP contribution < -0.4 is 5.73 Å². The lowest BCUT2D eigenvalue weighted by Gasteiger charge is -1.84. The second-order valence-corrected chi connectivity index (χ2v) is 1.50. The van der Waals surface area contributed by atoms with Gasteiger partial charge in [-0.05, 0) is 19.9 Å². The summed E-state index contributed by atoms with van der Waals surface area (Å²) in [5.41, 5.74) is 5.38. The molecule has 2 heteroatoms. The Morgan fingerprint density at radius 3 is 2.56 bits per heavy atom. The Morgan fingerprint density at radius 1 is 1.44 bits per heavy atom. The van der Waals surface area contributed by atoms with E-state index in [2.05, 4.69) is 4.99 Å². The third-order valence-corrected chi connectivity index (χ3v) is 0.738. The molecule has 0 rings (SSSR count). The molecular weight excluding hydrogens is 112 g/mol. The first-order valence-electron chi connectivity index (χ1n) is 2.88. The van der Waals surface area contributed by atoms with Crippen molar-refractivity contribution in [1.82, 2.24) is 0 Å². The van der Waals surface area contributed by atoms with Gasteiger partial charge >= 0.3 is 0 Å². The highest BCUT2D eigenvalue weighted by Crippen LogP contribution is 1.84. The van der Waals surface area contributed by atoms with Crippen LogP contribution in [0, 0.1) is 0 Å². The highest BCUT2D eigenvalue weighted by Gasteiger charge is 1.73. The number of nitrogens with two attached hydrogens (primary N) is 1. The minimum absolute atomic E-state index is 0.538. The van der Waals surface area contributed by atoms with Gasteiger partial charge in [0.2, 0.25) is 0 Å². The van der Waals surface area contributed by atoms with E-state index in [0.29, 0.717) is 5.82 Å². The number of allylic oxidation sites excluding steroid dienone is 3. The van der Waals surface area contributed by atoms with Crippen molar-refractivity contribution >= 4 is 6.21 Å². The number of rotatable bonds is 2. The molecule has 9 heavy (non-hydrogen) atoms. The zero-order chi connectivity index (χ0) is 7.11. The fourth-order valence-corrected chi connectivity index (χ4v) is 0.387. The van der Waals surface area contributed by atoms with Crippen molar-refractivity contribution in [3.63, 3.8) is 0 Å². The third kappa shape index (κ3) is 4.81. The molecule has 0 aromatic carbocycles. The van der Waals surface area contributed by atoms with E-state index in [4.69, 9.17) is 5.73 Å². The maximum Gasteiger partial charge on any atom is 0.122 e. The number of aliphatic imine (C=N–C) groups is 1. The summed E-state index contributed by atoms with van der Waals surface area (Å²) in [6.07, 6.45) is 7.16. The van der Waals surface area contributed by atoms with E-state index in [0.717, 1.165) is 0 Å². The molecule has 2 nitrogen and oxygen atoms in total. The predicted molar refractivity (Wildman–Crippen MR) is 41.3 cm³/mol. The highest BCUT2D eigenvalue weighted by atomic mass is 14.9. The quantitative estimate of drug-likeness (QED) is 0.439. The lowest BCUT2D eigenvalue weighted by molar-refractivity contribution is 1.25. The van der Waals surface area contributed by atoms with Gasteiger partial charge in [-0.1, -0.05) is 12.2 Å². The lowest BCUT2D eigenvalue weighted by atomic mass is 10.5. The van der Waals surface area contributed by atoms with Crippen molar-refractivity contribution in [2.45, 2.75) is 13.8 Å². The molecule has 0 heterocycles. The monoisotopic (exact) mass is 124 g/mol. The molecule has 0 bridgehead atoms. The minimum atomic E-state index is 0.538. The van der Waals surface area contributed by atoms with Gasteiger partial charge in [-0.2, -0.15) is 0 Å². The molecule has 0 aliphatic heterocycles. The second kappa shape index (κ2) is 5.09. The van der Waals surface area contributed by atoms with Crippen molar-refractivity contribution in [2.75, 3.05) is 0 Å². The minimum Gasteiger partial charge on any atom is -0.384 e. The van der Waals surface area contributed by atoms with Gasteiger partial charge in [-0.3, -0.25) is 0 Å². The smallest absolute Gasteiger partial charge is 0.122 e. The van der Waals surface area contributed by atoms with Gasteiger partial charge in [-0.25, -0.2) is 4.99 Å². The van der Waals surface area contributed by atoms with Crippen molar-refractivity contribution in [3.8, 4) is 0 Å². The fourth-order valence-electron chi connectivity index (χ4n) is 0.387. The van der Waals surface area contributed by atoms with Crippen LogP contribution >= 0.6 is 0 Å². The van der Waals surface area contributed by atoms with Gasteiger partial charge in [-0.15, -0.1) is 0 Å². The Hall–Kier alpha value is -1.05. The molecule has 0 atom stereocenters. The molecular formula is C7H12N2.